The van der Waals surface area contributed by atoms with Gasteiger partial charge in [-0.25, -0.2) is 10.2 Å². The maximum atomic E-state index is 12.6. The monoisotopic (exact) mass is 435 g/mol. The highest BCUT2D eigenvalue weighted by molar-refractivity contribution is 6.02. The number of hydrazone groups is 1. The van der Waals surface area contributed by atoms with Crippen LogP contribution in [0.4, 0.5) is 5.69 Å². The van der Waals surface area contributed by atoms with E-state index >= 15 is 0 Å². The third-order valence-corrected chi connectivity index (χ3v) is 4.24. The minimum Gasteiger partial charge on any atom is -0.500 e. The molecule has 0 bridgehead atoms. The SMILES string of the molecule is CCOC(=O)/C(O)=C(/N=Nc1ccccc1OC)C(=O)N/N=C/c1c[nH]c2ccccc12. The highest BCUT2D eigenvalue weighted by Gasteiger charge is 2.22. The molecule has 32 heavy (non-hydrogen) atoms. The zero-order chi connectivity index (χ0) is 22.9. The number of hydrogen-bond acceptors (Lipinski definition) is 8. The average Bonchev–Trinajstić information content (AvgIpc) is 3.22. The predicted molar refractivity (Wildman–Crippen MR) is 118 cm³/mol. The molecule has 0 aliphatic rings. The van der Waals surface area contributed by atoms with Crippen molar-refractivity contribution >= 4 is 34.7 Å². The van der Waals surface area contributed by atoms with Gasteiger partial charge in [0, 0.05) is 22.7 Å². The van der Waals surface area contributed by atoms with E-state index in [-0.39, 0.29) is 6.61 Å². The van der Waals surface area contributed by atoms with Crippen molar-refractivity contribution in [3.05, 3.63) is 71.7 Å². The number of nitrogens with one attached hydrogen (secondary N) is 2. The van der Waals surface area contributed by atoms with Gasteiger partial charge in [0.15, 0.2) is 0 Å². The number of H-pyrrole nitrogens is 1. The van der Waals surface area contributed by atoms with Crippen LogP contribution in [0.15, 0.2) is 81.5 Å². The number of aliphatic hydroxyl groups excluding tert-OH is 1. The van der Waals surface area contributed by atoms with Crippen molar-refractivity contribution in [1.29, 1.82) is 0 Å². The summed E-state index contributed by atoms with van der Waals surface area (Å²) < 4.78 is 9.92. The zero-order valence-corrected chi connectivity index (χ0v) is 17.4. The maximum absolute atomic E-state index is 12.6. The molecule has 0 aliphatic heterocycles. The summed E-state index contributed by atoms with van der Waals surface area (Å²) in [5.74, 6) is -2.67. The van der Waals surface area contributed by atoms with Crippen molar-refractivity contribution in [3.8, 4) is 5.75 Å². The molecule has 0 saturated heterocycles. The number of ether oxygens (including phenoxy) is 2. The number of hydrogen-bond donors (Lipinski definition) is 3. The Hall–Kier alpha value is -4.47. The number of methoxy groups -OCH3 is 1. The summed E-state index contributed by atoms with van der Waals surface area (Å²) in [7, 11) is 1.45. The van der Waals surface area contributed by atoms with Crippen molar-refractivity contribution in [2.45, 2.75) is 6.92 Å². The molecule has 3 aromatic rings. The predicted octanol–water partition coefficient (Wildman–Crippen LogP) is 3.74. The molecule has 3 rings (SSSR count). The molecule has 164 valence electrons. The Balaban J connectivity index is 1.85. The summed E-state index contributed by atoms with van der Waals surface area (Å²) in [4.78, 5) is 27.7. The minimum atomic E-state index is -1.11. The largest absolute Gasteiger partial charge is 0.500 e. The number of aromatic nitrogens is 1. The number of benzene rings is 2. The molecule has 1 amide bonds. The Bertz CT molecular complexity index is 1210. The first kappa shape index (κ1) is 22.2. The van der Waals surface area contributed by atoms with E-state index in [0.717, 1.165) is 16.5 Å². The number of carbonyl (C=O) groups is 2. The molecule has 0 atom stereocenters. The number of aliphatic hydroxyl groups is 1. The number of carbonyl (C=O) groups excluding carboxylic acids is 2. The van der Waals surface area contributed by atoms with Crippen LogP contribution in [0.3, 0.4) is 0 Å². The second-order valence-electron chi connectivity index (χ2n) is 6.28. The molecule has 0 saturated carbocycles. The fourth-order valence-corrected chi connectivity index (χ4v) is 2.73. The number of rotatable bonds is 8. The van der Waals surface area contributed by atoms with Gasteiger partial charge >= 0.3 is 5.97 Å². The van der Waals surface area contributed by atoms with Gasteiger partial charge in [0.2, 0.25) is 11.5 Å². The first-order chi connectivity index (χ1) is 15.5. The topological polar surface area (TPSA) is 138 Å². The van der Waals surface area contributed by atoms with E-state index in [1.165, 1.54) is 13.3 Å². The van der Waals surface area contributed by atoms with E-state index in [0.29, 0.717) is 11.4 Å². The van der Waals surface area contributed by atoms with Crippen molar-refractivity contribution in [3.63, 3.8) is 0 Å². The van der Waals surface area contributed by atoms with Crippen LogP contribution >= 0.6 is 0 Å². The number of fused-ring (bicyclic) bond motifs is 1. The number of aromatic amines is 1. The molecular formula is C22H21N5O5. The molecule has 0 radical (unpaired) electrons. The van der Waals surface area contributed by atoms with E-state index in [9.17, 15) is 14.7 Å². The normalized spacial score (nSPS) is 12.2. The van der Waals surface area contributed by atoms with E-state index in [2.05, 4.69) is 25.7 Å². The summed E-state index contributed by atoms with van der Waals surface area (Å²) >= 11 is 0. The summed E-state index contributed by atoms with van der Waals surface area (Å²) in [6.45, 7) is 1.56. The van der Waals surface area contributed by atoms with Gasteiger partial charge in [-0.1, -0.05) is 30.3 Å². The lowest BCUT2D eigenvalue weighted by atomic mass is 10.2. The fraction of sp³-hybridized carbons (Fsp3) is 0.136. The second-order valence-corrected chi connectivity index (χ2v) is 6.28. The van der Waals surface area contributed by atoms with Crippen LogP contribution in [0, 0.1) is 0 Å². The Kier molecular flexibility index (Phi) is 7.31. The van der Waals surface area contributed by atoms with Crippen molar-refractivity contribution in [2.24, 2.45) is 15.3 Å². The van der Waals surface area contributed by atoms with Crippen LogP contribution in [0.2, 0.25) is 0 Å². The molecule has 10 nitrogen and oxygen atoms in total. The highest BCUT2D eigenvalue weighted by atomic mass is 16.5. The van der Waals surface area contributed by atoms with Crippen LogP contribution in [0.5, 0.6) is 5.75 Å². The molecule has 0 unspecified atom stereocenters. The summed E-state index contributed by atoms with van der Waals surface area (Å²) in [6.07, 6.45) is 3.15. The van der Waals surface area contributed by atoms with Crippen LogP contribution in [0.1, 0.15) is 12.5 Å². The Labute approximate surface area is 183 Å². The quantitative estimate of drug-likeness (QED) is 0.124. The number of nitrogens with zero attached hydrogens (tertiary/aromatic N) is 3. The Morgan fingerprint density at radius 1 is 1.16 bits per heavy atom. The first-order valence-electron chi connectivity index (χ1n) is 9.59. The lowest BCUT2D eigenvalue weighted by Gasteiger charge is -2.05. The molecule has 0 spiro atoms. The van der Waals surface area contributed by atoms with E-state index in [1.54, 1.807) is 37.4 Å². The van der Waals surface area contributed by atoms with Crippen LogP contribution in [0.25, 0.3) is 10.9 Å². The Morgan fingerprint density at radius 2 is 1.91 bits per heavy atom. The van der Waals surface area contributed by atoms with E-state index in [4.69, 9.17) is 9.47 Å². The smallest absolute Gasteiger partial charge is 0.376 e. The van der Waals surface area contributed by atoms with Gasteiger partial charge in [-0.3, -0.25) is 4.79 Å². The summed E-state index contributed by atoms with van der Waals surface area (Å²) in [5.41, 5.74) is 3.51. The lowest BCUT2D eigenvalue weighted by Crippen LogP contribution is -2.22. The zero-order valence-electron chi connectivity index (χ0n) is 17.4. The van der Waals surface area contributed by atoms with Crippen molar-refractivity contribution in [1.82, 2.24) is 10.4 Å². The van der Waals surface area contributed by atoms with Gasteiger partial charge in [-0.15, -0.1) is 10.2 Å². The third kappa shape index (κ3) is 5.17. The van der Waals surface area contributed by atoms with Crippen molar-refractivity contribution in [2.75, 3.05) is 13.7 Å². The minimum absolute atomic E-state index is 0.000159. The summed E-state index contributed by atoms with van der Waals surface area (Å²) in [6, 6.07) is 14.2. The average molecular weight is 435 g/mol. The van der Waals surface area contributed by atoms with Gasteiger partial charge in [-0.2, -0.15) is 5.10 Å². The summed E-state index contributed by atoms with van der Waals surface area (Å²) in [5, 5.41) is 22.7. The van der Waals surface area contributed by atoms with Crippen molar-refractivity contribution < 1.29 is 24.2 Å². The number of amides is 1. The molecule has 1 aromatic heterocycles. The molecular weight excluding hydrogens is 414 g/mol. The molecule has 0 aliphatic carbocycles. The molecule has 10 heteroatoms. The molecule has 1 heterocycles. The van der Waals surface area contributed by atoms with Crippen LogP contribution in [-0.4, -0.2) is 41.9 Å². The van der Waals surface area contributed by atoms with E-state index in [1.807, 2.05) is 24.3 Å². The first-order valence-corrected chi connectivity index (χ1v) is 9.59. The Morgan fingerprint density at radius 3 is 2.69 bits per heavy atom. The van der Waals surface area contributed by atoms with Crippen LogP contribution in [-0.2, 0) is 14.3 Å². The maximum Gasteiger partial charge on any atom is 0.376 e. The molecule has 0 fully saturated rings. The standard InChI is InChI=1S/C22H21N5O5/c1-3-32-22(30)20(28)19(26-25-17-10-6-7-11-18(17)31-2)21(29)27-24-13-14-12-23-16-9-5-4-8-15(14)16/h4-13,23,28H,3H2,1-2H3,(H,27,29)/b20-19-,24-13+,26-25?. The molecule has 3 N–H and O–H groups in total. The third-order valence-electron chi connectivity index (χ3n) is 4.24. The lowest BCUT2D eigenvalue weighted by molar-refractivity contribution is -0.142. The molecule has 2 aromatic carbocycles. The fourth-order valence-electron chi connectivity index (χ4n) is 2.73. The van der Waals surface area contributed by atoms with E-state index < -0.39 is 23.3 Å². The second kappa shape index (κ2) is 10.5. The van der Waals surface area contributed by atoms with Crippen LogP contribution < -0.4 is 10.2 Å². The van der Waals surface area contributed by atoms with Gasteiger partial charge in [0.25, 0.3) is 5.91 Å². The number of para-hydroxylation sites is 2. The highest BCUT2D eigenvalue weighted by Crippen LogP contribution is 2.27. The van der Waals surface area contributed by atoms with Gasteiger partial charge < -0.3 is 19.6 Å². The number of esters is 1. The number of azo groups is 1. The van der Waals surface area contributed by atoms with Gasteiger partial charge in [-0.05, 0) is 25.1 Å². The van der Waals surface area contributed by atoms with Gasteiger partial charge in [0.1, 0.15) is 11.4 Å². The van der Waals surface area contributed by atoms with Gasteiger partial charge in [0.05, 0.1) is 19.9 Å².